The van der Waals surface area contributed by atoms with Crippen LogP contribution in [0.2, 0.25) is 0 Å². The summed E-state index contributed by atoms with van der Waals surface area (Å²) in [7, 11) is 0. The molecule has 0 fully saturated rings. The molecule has 1 heterocycles. The number of furan rings is 1. The first-order valence-corrected chi connectivity index (χ1v) is 6.86. The SMILES string of the molecule is CCc1ccc(CCNC(=O)c2coc(CN)c2)cc1. The highest BCUT2D eigenvalue weighted by molar-refractivity contribution is 5.93. The molecule has 0 saturated carbocycles. The summed E-state index contributed by atoms with van der Waals surface area (Å²) in [4.78, 5) is 11.9. The molecule has 0 aliphatic rings. The maximum atomic E-state index is 11.9. The van der Waals surface area contributed by atoms with E-state index in [1.807, 2.05) is 0 Å². The van der Waals surface area contributed by atoms with Gasteiger partial charge in [-0.2, -0.15) is 0 Å². The first kappa shape index (κ1) is 14.3. The summed E-state index contributed by atoms with van der Waals surface area (Å²) in [5.41, 5.74) is 8.50. The molecule has 3 N–H and O–H groups in total. The van der Waals surface area contributed by atoms with Crippen LogP contribution in [-0.4, -0.2) is 12.5 Å². The number of amides is 1. The van der Waals surface area contributed by atoms with Crippen molar-refractivity contribution in [1.82, 2.24) is 5.32 Å². The topological polar surface area (TPSA) is 68.3 Å². The van der Waals surface area contributed by atoms with Crippen LogP contribution >= 0.6 is 0 Å². The van der Waals surface area contributed by atoms with Crippen LogP contribution in [0.25, 0.3) is 0 Å². The molecule has 2 aromatic rings. The number of hydrogen-bond donors (Lipinski definition) is 2. The first-order chi connectivity index (χ1) is 9.72. The van der Waals surface area contributed by atoms with Gasteiger partial charge in [-0.25, -0.2) is 0 Å². The molecule has 1 aromatic heterocycles. The highest BCUT2D eigenvalue weighted by Gasteiger charge is 2.08. The molecule has 0 radical (unpaired) electrons. The zero-order valence-electron chi connectivity index (χ0n) is 11.7. The molecule has 0 saturated heterocycles. The molecule has 2 rings (SSSR count). The van der Waals surface area contributed by atoms with E-state index in [1.165, 1.54) is 17.4 Å². The Morgan fingerprint density at radius 1 is 1.25 bits per heavy atom. The van der Waals surface area contributed by atoms with Gasteiger partial charge < -0.3 is 15.5 Å². The summed E-state index contributed by atoms with van der Waals surface area (Å²) in [6.45, 7) is 3.04. The molecule has 1 aromatic carbocycles. The van der Waals surface area contributed by atoms with Gasteiger partial charge in [0, 0.05) is 6.54 Å². The summed E-state index contributed by atoms with van der Waals surface area (Å²) >= 11 is 0. The van der Waals surface area contributed by atoms with Crippen molar-refractivity contribution in [2.45, 2.75) is 26.3 Å². The van der Waals surface area contributed by atoms with Gasteiger partial charge in [0.1, 0.15) is 12.0 Å². The van der Waals surface area contributed by atoms with Crippen LogP contribution in [0, 0.1) is 0 Å². The third-order valence-corrected chi connectivity index (χ3v) is 3.25. The zero-order chi connectivity index (χ0) is 14.4. The van der Waals surface area contributed by atoms with E-state index in [-0.39, 0.29) is 5.91 Å². The maximum absolute atomic E-state index is 11.9. The van der Waals surface area contributed by atoms with Crippen LogP contribution in [-0.2, 0) is 19.4 Å². The minimum absolute atomic E-state index is 0.126. The molecular weight excluding hydrogens is 252 g/mol. The summed E-state index contributed by atoms with van der Waals surface area (Å²) in [6.07, 6.45) is 3.30. The Hall–Kier alpha value is -2.07. The lowest BCUT2D eigenvalue weighted by atomic mass is 10.1. The third kappa shape index (κ3) is 3.71. The molecule has 1 amide bonds. The van der Waals surface area contributed by atoms with Gasteiger partial charge >= 0.3 is 0 Å². The van der Waals surface area contributed by atoms with Gasteiger partial charge in [-0.1, -0.05) is 31.2 Å². The highest BCUT2D eigenvalue weighted by Crippen LogP contribution is 2.07. The van der Waals surface area contributed by atoms with Crippen LogP contribution in [0.3, 0.4) is 0 Å². The molecule has 0 bridgehead atoms. The normalized spacial score (nSPS) is 10.5. The Bertz CT molecular complexity index is 558. The number of nitrogens with one attached hydrogen (secondary N) is 1. The van der Waals surface area contributed by atoms with Crippen molar-refractivity contribution in [3.05, 3.63) is 59.0 Å². The Labute approximate surface area is 119 Å². The summed E-state index contributed by atoms with van der Waals surface area (Å²) in [6, 6.07) is 10.1. The van der Waals surface area contributed by atoms with Gasteiger partial charge in [-0.3, -0.25) is 4.79 Å². The molecule has 0 atom stereocenters. The second-order valence-corrected chi connectivity index (χ2v) is 4.68. The van der Waals surface area contributed by atoms with E-state index in [0.29, 0.717) is 24.4 Å². The quantitative estimate of drug-likeness (QED) is 0.847. The van der Waals surface area contributed by atoms with E-state index >= 15 is 0 Å². The van der Waals surface area contributed by atoms with E-state index in [0.717, 1.165) is 12.8 Å². The van der Waals surface area contributed by atoms with Gasteiger partial charge in [-0.15, -0.1) is 0 Å². The van der Waals surface area contributed by atoms with E-state index in [4.69, 9.17) is 10.2 Å². The number of rotatable bonds is 6. The molecule has 4 nitrogen and oxygen atoms in total. The van der Waals surface area contributed by atoms with Crippen LogP contribution in [0.5, 0.6) is 0 Å². The van der Waals surface area contributed by atoms with Crippen molar-refractivity contribution in [1.29, 1.82) is 0 Å². The van der Waals surface area contributed by atoms with E-state index in [2.05, 4.69) is 36.5 Å². The molecule has 0 aliphatic heterocycles. The Kier molecular flexibility index (Phi) is 4.96. The second-order valence-electron chi connectivity index (χ2n) is 4.68. The van der Waals surface area contributed by atoms with Gasteiger partial charge in [0.2, 0.25) is 0 Å². The maximum Gasteiger partial charge on any atom is 0.254 e. The Balaban J connectivity index is 1.81. The fourth-order valence-electron chi connectivity index (χ4n) is 1.97. The van der Waals surface area contributed by atoms with E-state index < -0.39 is 0 Å². The fraction of sp³-hybridized carbons (Fsp3) is 0.312. The van der Waals surface area contributed by atoms with Crippen molar-refractivity contribution >= 4 is 5.91 Å². The monoisotopic (exact) mass is 272 g/mol. The molecule has 106 valence electrons. The smallest absolute Gasteiger partial charge is 0.254 e. The number of carbonyl (C=O) groups is 1. The number of benzene rings is 1. The lowest BCUT2D eigenvalue weighted by Gasteiger charge is -2.04. The Morgan fingerprint density at radius 2 is 1.95 bits per heavy atom. The number of carbonyl (C=O) groups excluding carboxylic acids is 1. The van der Waals surface area contributed by atoms with E-state index in [9.17, 15) is 4.79 Å². The minimum Gasteiger partial charge on any atom is -0.467 e. The number of hydrogen-bond acceptors (Lipinski definition) is 3. The fourth-order valence-corrected chi connectivity index (χ4v) is 1.97. The lowest BCUT2D eigenvalue weighted by Crippen LogP contribution is -2.25. The number of nitrogens with two attached hydrogens (primary N) is 1. The second kappa shape index (κ2) is 6.91. The van der Waals surface area contributed by atoms with Crippen molar-refractivity contribution in [2.75, 3.05) is 6.54 Å². The van der Waals surface area contributed by atoms with Crippen LogP contribution < -0.4 is 11.1 Å². The molecule has 0 spiro atoms. The lowest BCUT2D eigenvalue weighted by molar-refractivity contribution is 0.0953. The predicted molar refractivity (Wildman–Crippen MR) is 78.5 cm³/mol. The van der Waals surface area contributed by atoms with E-state index in [1.54, 1.807) is 6.07 Å². The molecular formula is C16H20N2O2. The number of aryl methyl sites for hydroxylation is 1. The van der Waals surface area contributed by atoms with Crippen molar-refractivity contribution in [2.24, 2.45) is 5.73 Å². The highest BCUT2D eigenvalue weighted by atomic mass is 16.3. The average molecular weight is 272 g/mol. The predicted octanol–water partition coefficient (Wildman–Crippen LogP) is 2.27. The summed E-state index contributed by atoms with van der Waals surface area (Å²) < 4.78 is 5.14. The van der Waals surface area contributed by atoms with Gasteiger partial charge in [-0.05, 0) is 30.0 Å². The van der Waals surface area contributed by atoms with Crippen LogP contribution in [0.4, 0.5) is 0 Å². The van der Waals surface area contributed by atoms with Gasteiger partial charge in [0.25, 0.3) is 5.91 Å². The zero-order valence-corrected chi connectivity index (χ0v) is 11.7. The molecule has 4 heteroatoms. The molecule has 0 aliphatic carbocycles. The largest absolute Gasteiger partial charge is 0.467 e. The van der Waals surface area contributed by atoms with Crippen molar-refractivity contribution in [3.8, 4) is 0 Å². The molecule has 20 heavy (non-hydrogen) atoms. The van der Waals surface area contributed by atoms with Crippen LogP contribution in [0.1, 0.15) is 34.2 Å². The summed E-state index contributed by atoms with van der Waals surface area (Å²) in [5.74, 6) is 0.490. The third-order valence-electron chi connectivity index (χ3n) is 3.25. The average Bonchev–Trinajstić information content (AvgIpc) is 2.97. The van der Waals surface area contributed by atoms with Crippen molar-refractivity contribution < 1.29 is 9.21 Å². The summed E-state index contributed by atoms with van der Waals surface area (Å²) in [5, 5.41) is 2.87. The van der Waals surface area contributed by atoms with Gasteiger partial charge in [0.05, 0.1) is 12.1 Å². The standard InChI is InChI=1S/C16H20N2O2/c1-2-12-3-5-13(6-4-12)7-8-18-16(19)14-9-15(10-17)20-11-14/h3-6,9,11H,2,7-8,10,17H2,1H3,(H,18,19). The van der Waals surface area contributed by atoms with Crippen molar-refractivity contribution in [3.63, 3.8) is 0 Å². The molecule has 0 unspecified atom stereocenters. The first-order valence-electron chi connectivity index (χ1n) is 6.86. The minimum atomic E-state index is -0.126. The Morgan fingerprint density at radius 3 is 2.55 bits per heavy atom. The van der Waals surface area contributed by atoms with Gasteiger partial charge in [0.15, 0.2) is 0 Å². The van der Waals surface area contributed by atoms with Crippen LogP contribution in [0.15, 0.2) is 41.0 Å².